The Morgan fingerprint density at radius 3 is 2.64 bits per heavy atom. The summed E-state index contributed by atoms with van der Waals surface area (Å²) in [5.74, 6) is 0.0539. The van der Waals surface area contributed by atoms with Crippen molar-refractivity contribution in [3.8, 4) is 11.4 Å². The molecule has 0 saturated carbocycles. The van der Waals surface area contributed by atoms with Crippen molar-refractivity contribution in [3.63, 3.8) is 0 Å². The van der Waals surface area contributed by atoms with Crippen LogP contribution in [0, 0.1) is 5.92 Å². The Labute approximate surface area is 254 Å². The number of rotatable bonds is 10. The smallest absolute Gasteiger partial charge is 0.385 e. The van der Waals surface area contributed by atoms with Crippen molar-refractivity contribution < 1.29 is 22.8 Å². The molecule has 2 atom stereocenters. The third-order valence-electron chi connectivity index (χ3n) is 8.02. The number of hydrogen-bond donors (Lipinski definition) is 3. The monoisotopic (exact) mass is 606 g/mol. The number of anilines is 2. The number of aromatic nitrogens is 2. The maximum Gasteiger partial charge on any atom is 0.416 e. The van der Waals surface area contributed by atoms with Gasteiger partial charge in [-0.25, -0.2) is 4.98 Å². The molecule has 2 heterocycles. The summed E-state index contributed by atoms with van der Waals surface area (Å²) in [6.45, 7) is 5.75. The molecule has 3 N–H and O–H groups in total. The molecule has 2 amide bonds. The molecule has 8 nitrogen and oxygen atoms in total. The summed E-state index contributed by atoms with van der Waals surface area (Å²) in [7, 11) is 4.07. The third-order valence-corrected chi connectivity index (χ3v) is 8.02. The van der Waals surface area contributed by atoms with Gasteiger partial charge in [0, 0.05) is 29.9 Å². The van der Waals surface area contributed by atoms with Crippen LogP contribution in [0.5, 0.6) is 0 Å². The Bertz CT molecular complexity index is 1680. The van der Waals surface area contributed by atoms with Crippen molar-refractivity contribution in [1.82, 2.24) is 19.8 Å². The average molecular weight is 607 g/mol. The Kier molecular flexibility index (Phi) is 8.96. The lowest BCUT2D eigenvalue weighted by Gasteiger charge is -2.23. The van der Waals surface area contributed by atoms with Gasteiger partial charge in [0.15, 0.2) is 0 Å². The van der Waals surface area contributed by atoms with Gasteiger partial charge in [-0.15, -0.1) is 0 Å². The molecule has 0 saturated heterocycles. The third kappa shape index (κ3) is 6.57. The van der Waals surface area contributed by atoms with E-state index in [0.717, 1.165) is 49.3 Å². The Morgan fingerprint density at radius 2 is 1.91 bits per heavy atom. The standard InChI is InChI=1S/C33H37F3N6O2/c1-5-20(2)29-32(44)40-26-12-11-24(37-14-7-15-41(3)4)18-25(26)30-39-27-17-22(10-13-28(27)42(29)30)31(43)38-19-21-8-6-9-23(16-21)33(34,35)36/h6,8-13,16-18,20,29,37H,5,7,14-15,19H2,1-4H3,(H,38,43)(H,40,44)/t20-,29-/m0/s1. The summed E-state index contributed by atoms with van der Waals surface area (Å²) in [5, 5.41) is 9.28. The molecule has 4 aromatic rings. The van der Waals surface area contributed by atoms with E-state index < -0.39 is 23.7 Å². The first-order valence-electron chi connectivity index (χ1n) is 14.8. The fourth-order valence-electron chi connectivity index (χ4n) is 5.49. The molecular weight excluding hydrogens is 569 g/mol. The zero-order valence-corrected chi connectivity index (χ0v) is 25.3. The fourth-order valence-corrected chi connectivity index (χ4v) is 5.49. The molecule has 232 valence electrons. The summed E-state index contributed by atoms with van der Waals surface area (Å²) in [4.78, 5) is 33.8. The molecule has 0 unspecified atom stereocenters. The van der Waals surface area contributed by atoms with E-state index in [1.54, 1.807) is 18.2 Å². The number of benzene rings is 3. The minimum absolute atomic E-state index is 0.000437. The Hall–Kier alpha value is -4.38. The second kappa shape index (κ2) is 12.7. The Balaban J connectivity index is 1.48. The largest absolute Gasteiger partial charge is 0.416 e. The van der Waals surface area contributed by atoms with Gasteiger partial charge in [-0.3, -0.25) is 9.59 Å². The first-order valence-corrected chi connectivity index (χ1v) is 14.8. The number of carbonyl (C=O) groups is 2. The fraction of sp³-hybridized carbons (Fsp3) is 0.364. The normalized spacial score (nSPS) is 15.4. The lowest BCUT2D eigenvalue weighted by molar-refractivity contribution is -0.137. The van der Waals surface area contributed by atoms with Crippen LogP contribution >= 0.6 is 0 Å². The van der Waals surface area contributed by atoms with Gasteiger partial charge < -0.3 is 25.4 Å². The van der Waals surface area contributed by atoms with Crippen molar-refractivity contribution in [1.29, 1.82) is 0 Å². The molecule has 1 aliphatic rings. The Morgan fingerprint density at radius 1 is 1.11 bits per heavy atom. The van der Waals surface area contributed by atoms with Gasteiger partial charge in [-0.05, 0) is 87.1 Å². The number of nitrogens with zero attached hydrogens (tertiary/aromatic N) is 3. The average Bonchev–Trinajstić information content (AvgIpc) is 3.30. The van der Waals surface area contributed by atoms with Crippen LogP contribution in [0.2, 0.25) is 0 Å². The highest BCUT2D eigenvalue weighted by atomic mass is 19.4. The van der Waals surface area contributed by atoms with Gasteiger partial charge in [-0.1, -0.05) is 32.4 Å². The summed E-state index contributed by atoms with van der Waals surface area (Å²) in [5.41, 5.74) is 3.50. The molecule has 11 heteroatoms. The summed E-state index contributed by atoms with van der Waals surface area (Å²) in [6.07, 6.45) is -2.73. The first-order chi connectivity index (χ1) is 21.0. The number of imidazole rings is 1. The molecule has 0 bridgehead atoms. The molecule has 44 heavy (non-hydrogen) atoms. The van der Waals surface area contributed by atoms with Crippen molar-refractivity contribution >= 4 is 34.2 Å². The predicted molar refractivity (Wildman–Crippen MR) is 167 cm³/mol. The molecule has 1 aromatic heterocycles. The van der Waals surface area contributed by atoms with E-state index in [2.05, 4.69) is 20.9 Å². The number of hydrogen-bond acceptors (Lipinski definition) is 5. The minimum atomic E-state index is -4.46. The highest BCUT2D eigenvalue weighted by Gasteiger charge is 2.34. The predicted octanol–water partition coefficient (Wildman–Crippen LogP) is 6.56. The molecule has 5 rings (SSSR count). The highest BCUT2D eigenvalue weighted by molar-refractivity contribution is 6.03. The van der Waals surface area contributed by atoms with Crippen molar-refractivity contribution in [2.24, 2.45) is 5.92 Å². The lowest BCUT2D eigenvalue weighted by atomic mass is 9.97. The van der Waals surface area contributed by atoms with Crippen LogP contribution in [0.15, 0.2) is 60.7 Å². The van der Waals surface area contributed by atoms with Crippen LogP contribution < -0.4 is 16.0 Å². The summed E-state index contributed by atoms with van der Waals surface area (Å²) in [6, 6.07) is 15.3. The molecule has 0 spiro atoms. The number of nitrogens with one attached hydrogen (secondary N) is 3. The van der Waals surface area contributed by atoms with Gasteiger partial charge in [0.1, 0.15) is 11.9 Å². The second-order valence-electron chi connectivity index (χ2n) is 11.6. The van der Waals surface area contributed by atoms with Crippen LogP contribution in [0.4, 0.5) is 24.5 Å². The maximum atomic E-state index is 13.6. The second-order valence-corrected chi connectivity index (χ2v) is 11.6. The number of fused-ring (bicyclic) bond motifs is 5. The minimum Gasteiger partial charge on any atom is -0.385 e. The van der Waals surface area contributed by atoms with Gasteiger partial charge >= 0.3 is 6.18 Å². The number of amides is 2. The lowest BCUT2D eigenvalue weighted by Crippen LogP contribution is -2.29. The maximum absolute atomic E-state index is 13.6. The van der Waals surface area contributed by atoms with Crippen LogP contribution in [0.3, 0.4) is 0 Å². The molecule has 0 radical (unpaired) electrons. The van der Waals surface area contributed by atoms with Crippen LogP contribution in [0.1, 0.15) is 54.2 Å². The van der Waals surface area contributed by atoms with Crippen molar-refractivity contribution in [2.75, 3.05) is 37.8 Å². The summed E-state index contributed by atoms with van der Waals surface area (Å²) < 4.78 is 41.3. The number of alkyl halides is 3. The quantitative estimate of drug-likeness (QED) is 0.178. The van der Waals surface area contributed by atoms with Gasteiger partial charge in [0.25, 0.3) is 5.91 Å². The molecule has 1 aliphatic heterocycles. The van der Waals surface area contributed by atoms with E-state index in [4.69, 9.17) is 4.98 Å². The van der Waals surface area contributed by atoms with Crippen LogP contribution in [-0.4, -0.2) is 53.5 Å². The van der Waals surface area contributed by atoms with Crippen molar-refractivity contribution in [3.05, 3.63) is 77.4 Å². The topological polar surface area (TPSA) is 91.3 Å². The summed E-state index contributed by atoms with van der Waals surface area (Å²) >= 11 is 0. The van der Waals surface area contributed by atoms with Crippen LogP contribution in [0.25, 0.3) is 22.4 Å². The number of halogens is 3. The molecule has 0 fully saturated rings. The highest BCUT2D eigenvalue weighted by Crippen LogP contribution is 2.40. The zero-order valence-electron chi connectivity index (χ0n) is 25.3. The van der Waals surface area contributed by atoms with Gasteiger partial charge in [0.05, 0.1) is 22.3 Å². The number of carbonyl (C=O) groups excluding carboxylic acids is 2. The first kappa shape index (κ1) is 31.1. The van der Waals surface area contributed by atoms with E-state index >= 15 is 0 Å². The van der Waals surface area contributed by atoms with E-state index in [1.807, 2.05) is 50.7 Å². The van der Waals surface area contributed by atoms with Gasteiger partial charge in [-0.2, -0.15) is 13.2 Å². The van der Waals surface area contributed by atoms with E-state index in [9.17, 15) is 22.8 Å². The van der Waals surface area contributed by atoms with Crippen LogP contribution in [-0.2, 0) is 17.5 Å². The van der Waals surface area contributed by atoms with E-state index in [1.165, 1.54) is 12.1 Å². The van der Waals surface area contributed by atoms with E-state index in [-0.39, 0.29) is 18.4 Å². The van der Waals surface area contributed by atoms with Gasteiger partial charge in [0.2, 0.25) is 5.91 Å². The van der Waals surface area contributed by atoms with E-state index in [0.29, 0.717) is 33.7 Å². The van der Waals surface area contributed by atoms with Crippen molar-refractivity contribution in [2.45, 2.75) is 45.5 Å². The molecular formula is C33H37F3N6O2. The SMILES string of the molecule is CC[C@H](C)[C@H]1C(=O)Nc2ccc(NCCCN(C)C)cc2-c2nc3cc(C(=O)NCc4cccc(C(F)(F)F)c4)ccc3n21. The molecule has 0 aliphatic carbocycles. The molecule has 3 aromatic carbocycles. The zero-order chi connectivity index (χ0) is 31.6.